The first-order valence-electron chi connectivity index (χ1n) is 12.5. The number of carbonyl (C=O) groups is 4. The van der Waals surface area contributed by atoms with E-state index in [1.165, 1.54) is 18.1 Å². The summed E-state index contributed by atoms with van der Waals surface area (Å²) in [6.45, 7) is 0. The monoisotopic (exact) mass is 758 g/mol. The van der Waals surface area contributed by atoms with Gasteiger partial charge in [0.05, 0.1) is 30.1 Å². The van der Waals surface area contributed by atoms with Crippen molar-refractivity contribution < 1.29 is 29.0 Å². The molecule has 2 heterocycles. The van der Waals surface area contributed by atoms with E-state index in [9.17, 15) is 24.3 Å². The number of ether oxygens (including phenoxy) is 1. The zero-order valence-electron chi connectivity index (χ0n) is 20.9. The second-order valence-electron chi connectivity index (χ2n) is 10.4. The molecule has 0 aromatic heterocycles. The maximum atomic E-state index is 14.0. The van der Waals surface area contributed by atoms with Crippen molar-refractivity contribution in [3.8, 4) is 11.5 Å². The number of phenolic OH excluding ortho intramolecular Hbond substituents is 1. The number of hydrogen-bond acceptors (Lipinski definition) is 6. The Labute approximate surface area is 261 Å². The number of allylic oxidation sites excluding steroid dienone is 2. The van der Waals surface area contributed by atoms with E-state index in [-0.39, 0.29) is 41.3 Å². The van der Waals surface area contributed by atoms with Crippen molar-refractivity contribution in [2.45, 2.75) is 28.5 Å². The van der Waals surface area contributed by atoms with Crippen molar-refractivity contribution in [3.05, 3.63) is 63.2 Å². The van der Waals surface area contributed by atoms with E-state index < -0.39 is 51.1 Å². The Hall–Kier alpha value is -2.15. The molecule has 4 amide bonds. The first kappa shape index (κ1) is 28.0. The Kier molecular flexibility index (Phi) is 6.79. The number of likely N-dealkylation sites (tertiary alicyclic amines) is 1. The molecular formula is C28H22BrCl2IN2O6. The van der Waals surface area contributed by atoms with Crippen LogP contribution >= 0.6 is 61.7 Å². The molecule has 2 saturated heterocycles. The summed E-state index contributed by atoms with van der Waals surface area (Å²) in [5.74, 6) is -5.39. The van der Waals surface area contributed by atoms with Gasteiger partial charge in [0.2, 0.25) is 11.8 Å². The van der Waals surface area contributed by atoms with Crippen molar-refractivity contribution in [1.82, 2.24) is 4.90 Å². The second-order valence-corrected chi connectivity index (χ2v) is 13.4. The van der Waals surface area contributed by atoms with Gasteiger partial charge in [-0.25, -0.2) is 0 Å². The van der Waals surface area contributed by atoms with E-state index in [1.807, 2.05) is 18.2 Å². The molecule has 0 bridgehead atoms. The van der Waals surface area contributed by atoms with Gasteiger partial charge in [0.15, 0.2) is 9.75 Å². The Balaban J connectivity index is 1.55. The third-order valence-electron chi connectivity index (χ3n) is 8.65. The highest BCUT2D eigenvalue weighted by Crippen LogP contribution is 2.67. The molecule has 1 saturated carbocycles. The lowest BCUT2D eigenvalue weighted by molar-refractivity contribution is -0.138. The lowest BCUT2D eigenvalue weighted by atomic mass is 9.56. The normalized spacial score (nSPS) is 33.1. The summed E-state index contributed by atoms with van der Waals surface area (Å²) in [7, 11) is 1.42. The van der Waals surface area contributed by atoms with Gasteiger partial charge in [-0.15, -0.1) is 23.2 Å². The van der Waals surface area contributed by atoms with Crippen molar-refractivity contribution in [1.29, 1.82) is 0 Å². The van der Waals surface area contributed by atoms with E-state index in [1.54, 1.807) is 24.3 Å². The third-order valence-corrected chi connectivity index (χ3v) is 11.3. The fraction of sp³-hybridized carbons (Fsp3) is 0.357. The molecular weight excluding hydrogens is 738 g/mol. The standard InChI is InChI=1S/C28H22BrCl2IN2O6/c1-40-19-4-2-3-18(35)21(19)22-15-9-10-16-20(24(37)34(23(16)36)14-7-5-13(32)6-8-14)17(15)11-27(30)25(38)33(12-29)26(39)28(22,27)31/h2-9,16-17,20,22,35H,10-12H2,1H3. The van der Waals surface area contributed by atoms with Crippen LogP contribution in [0.25, 0.3) is 0 Å². The molecule has 208 valence electrons. The lowest BCUT2D eigenvalue weighted by Crippen LogP contribution is -2.60. The number of methoxy groups -OCH3 is 1. The van der Waals surface area contributed by atoms with Crippen LogP contribution in [0.3, 0.4) is 0 Å². The highest BCUT2D eigenvalue weighted by atomic mass is 127. The molecule has 2 aliphatic heterocycles. The maximum Gasteiger partial charge on any atom is 0.254 e. The van der Waals surface area contributed by atoms with Gasteiger partial charge in [-0.05, 0) is 77.7 Å². The number of hydrogen-bond donors (Lipinski definition) is 1. The number of imide groups is 2. The summed E-state index contributed by atoms with van der Waals surface area (Å²) in [5, 5.41) is 11.1. The van der Waals surface area contributed by atoms with Crippen molar-refractivity contribution in [2.24, 2.45) is 17.8 Å². The number of carbonyl (C=O) groups excluding carboxylic acids is 4. The summed E-state index contributed by atoms with van der Waals surface area (Å²) < 4.78 is 6.53. The highest BCUT2D eigenvalue weighted by molar-refractivity contribution is 14.1. The topological polar surface area (TPSA) is 104 Å². The summed E-state index contributed by atoms with van der Waals surface area (Å²) in [4.78, 5) is 53.4. The maximum absolute atomic E-state index is 14.0. The number of halogens is 4. The number of phenols is 1. The van der Waals surface area contributed by atoms with Gasteiger partial charge in [0, 0.05) is 15.1 Å². The summed E-state index contributed by atoms with van der Waals surface area (Å²) in [5.41, 5.74) is 1.11. The predicted octanol–water partition coefficient (Wildman–Crippen LogP) is 4.92. The van der Waals surface area contributed by atoms with E-state index in [2.05, 4.69) is 38.5 Å². The summed E-state index contributed by atoms with van der Waals surface area (Å²) >= 11 is 19.8. The molecule has 0 spiro atoms. The number of rotatable bonds is 4. The predicted molar refractivity (Wildman–Crippen MR) is 160 cm³/mol. The van der Waals surface area contributed by atoms with E-state index in [0.29, 0.717) is 11.3 Å². The van der Waals surface area contributed by atoms with Gasteiger partial charge in [0.1, 0.15) is 11.5 Å². The van der Waals surface area contributed by atoms with Crippen molar-refractivity contribution >= 4 is 91.0 Å². The molecule has 0 radical (unpaired) electrons. The SMILES string of the molecule is COc1cccc(O)c1C1C2=CCC3C(=O)N(c4ccc(I)cc4)C(=O)C3C2CC2(Cl)C(=O)N(CBr)C(=O)C12Cl. The molecule has 3 fully saturated rings. The Morgan fingerprint density at radius 3 is 2.40 bits per heavy atom. The fourth-order valence-electron chi connectivity index (χ4n) is 6.92. The van der Waals surface area contributed by atoms with E-state index in [0.717, 1.165) is 8.47 Å². The third kappa shape index (κ3) is 3.54. The molecule has 12 heteroatoms. The van der Waals surface area contributed by atoms with Crippen LogP contribution in [0.2, 0.25) is 0 Å². The van der Waals surface area contributed by atoms with Gasteiger partial charge < -0.3 is 9.84 Å². The Morgan fingerprint density at radius 2 is 1.75 bits per heavy atom. The van der Waals surface area contributed by atoms with Crippen LogP contribution in [0.15, 0.2) is 54.1 Å². The molecule has 2 aliphatic carbocycles. The smallest absolute Gasteiger partial charge is 0.254 e. The molecule has 1 N–H and O–H groups in total. The minimum atomic E-state index is -2.03. The van der Waals surface area contributed by atoms with Crippen LogP contribution in [0.1, 0.15) is 24.3 Å². The number of alkyl halides is 3. The fourth-order valence-corrected chi connectivity index (χ4v) is 8.68. The Morgan fingerprint density at radius 1 is 1.05 bits per heavy atom. The minimum Gasteiger partial charge on any atom is -0.508 e. The summed E-state index contributed by atoms with van der Waals surface area (Å²) in [6, 6.07) is 11.7. The van der Waals surface area contributed by atoms with Gasteiger partial charge in [-0.1, -0.05) is 33.6 Å². The van der Waals surface area contributed by atoms with Crippen LogP contribution in [0.5, 0.6) is 11.5 Å². The van der Waals surface area contributed by atoms with E-state index >= 15 is 0 Å². The van der Waals surface area contributed by atoms with Crippen LogP contribution in [-0.4, -0.2) is 55.9 Å². The zero-order chi connectivity index (χ0) is 28.7. The van der Waals surface area contributed by atoms with Crippen LogP contribution in [-0.2, 0) is 19.2 Å². The summed E-state index contributed by atoms with van der Waals surface area (Å²) in [6.07, 6.45) is 1.91. The first-order chi connectivity index (χ1) is 19.0. The quantitative estimate of drug-likeness (QED) is 0.156. The molecule has 2 aromatic rings. The number of anilines is 1. The van der Waals surface area contributed by atoms with Crippen LogP contribution in [0, 0.1) is 21.3 Å². The van der Waals surface area contributed by atoms with Crippen LogP contribution in [0.4, 0.5) is 5.69 Å². The van der Waals surface area contributed by atoms with Gasteiger partial charge >= 0.3 is 0 Å². The van der Waals surface area contributed by atoms with Gasteiger partial charge in [-0.2, -0.15) is 0 Å². The lowest BCUT2D eigenvalue weighted by Gasteiger charge is -2.50. The molecule has 4 aliphatic rings. The Bertz CT molecular complexity index is 1520. The average Bonchev–Trinajstić information content (AvgIpc) is 3.27. The molecule has 6 unspecified atom stereocenters. The van der Waals surface area contributed by atoms with Crippen LogP contribution < -0.4 is 9.64 Å². The van der Waals surface area contributed by atoms with E-state index in [4.69, 9.17) is 27.9 Å². The van der Waals surface area contributed by atoms with Gasteiger partial charge in [0.25, 0.3) is 11.8 Å². The van der Waals surface area contributed by atoms with Gasteiger partial charge in [-0.3, -0.25) is 29.0 Å². The number of benzene rings is 2. The minimum absolute atomic E-state index is 0.133. The second kappa shape index (κ2) is 9.71. The van der Waals surface area contributed by atoms with Crippen molar-refractivity contribution in [2.75, 3.05) is 17.5 Å². The number of fused-ring (bicyclic) bond motifs is 4. The first-order valence-corrected chi connectivity index (χ1v) is 15.5. The number of aromatic hydroxyl groups is 1. The zero-order valence-corrected chi connectivity index (χ0v) is 26.2. The highest BCUT2D eigenvalue weighted by Gasteiger charge is 2.76. The van der Waals surface area contributed by atoms with Crippen molar-refractivity contribution in [3.63, 3.8) is 0 Å². The molecule has 6 atom stereocenters. The molecule has 40 heavy (non-hydrogen) atoms. The number of amides is 4. The molecule has 8 nitrogen and oxygen atoms in total. The molecule has 2 aromatic carbocycles. The number of nitrogens with zero attached hydrogens (tertiary/aromatic N) is 2. The molecule has 6 rings (SSSR count). The average molecular weight is 760 g/mol. The largest absolute Gasteiger partial charge is 0.508 e.